The van der Waals surface area contributed by atoms with Crippen LogP contribution in [0.2, 0.25) is 0 Å². The van der Waals surface area contributed by atoms with Gasteiger partial charge in [0.1, 0.15) is 5.76 Å². The second-order valence-corrected chi connectivity index (χ2v) is 6.29. The van der Waals surface area contributed by atoms with E-state index in [0.29, 0.717) is 6.04 Å². The van der Waals surface area contributed by atoms with Crippen LogP contribution < -0.4 is 5.32 Å². The molecule has 19 heavy (non-hydrogen) atoms. The van der Waals surface area contributed by atoms with Gasteiger partial charge in [-0.25, -0.2) is 0 Å². The molecule has 1 aliphatic heterocycles. The molecule has 1 N–H and O–H groups in total. The van der Waals surface area contributed by atoms with E-state index in [2.05, 4.69) is 37.1 Å². The van der Waals surface area contributed by atoms with E-state index in [1.165, 1.54) is 19.5 Å². The summed E-state index contributed by atoms with van der Waals surface area (Å²) in [6.07, 6.45) is 4.00. The number of nitrogens with one attached hydrogen (secondary N) is 1. The maximum absolute atomic E-state index is 5.43. The number of furan rings is 1. The molecule has 2 heterocycles. The molecule has 0 aromatic carbocycles. The highest BCUT2D eigenvalue weighted by Crippen LogP contribution is 2.15. The van der Waals surface area contributed by atoms with E-state index in [4.69, 9.17) is 4.42 Å². The molecular formula is C16H28N2O. The molecule has 1 aliphatic rings. The third-order valence-corrected chi connectivity index (χ3v) is 4.09. The summed E-state index contributed by atoms with van der Waals surface area (Å²) in [6.45, 7) is 11.7. The molecule has 1 saturated heterocycles. The highest BCUT2D eigenvalue weighted by Gasteiger charge is 2.21. The zero-order chi connectivity index (χ0) is 13.7. The van der Waals surface area contributed by atoms with Gasteiger partial charge in [0.2, 0.25) is 0 Å². The SMILES string of the molecule is CC1CNCC(C)CN(C(C)CCc2ccco2)C1. The van der Waals surface area contributed by atoms with Gasteiger partial charge in [-0.3, -0.25) is 0 Å². The lowest BCUT2D eigenvalue weighted by Crippen LogP contribution is -2.46. The van der Waals surface area contributed by atoms with Crippen LogP contribution in [0.3, 0.4) is 0 Å². The maximum atomic E-state index is 5.43. The molecule has 0 saturated carbocycles. The highest BCUT2D eigenvalue weighted by molar-refractivity contribution is 4.98. The molecule has 1 fully saturated rings. The first-order valence-electron chi connectivity index (χ1n) is 7.62. The largest absolute Gasteiger partial charge is 0.469 e. The Balaban J connectivity index is 1.85. The van der Waals surface area contributed by atoms with E-state index in [-0.39, 0.29) is 0 Å². The molecule has 0 amide bonds. The van der Waals surface area contributed by atoms with E-state index in [1.54, 1.807) is 6.26 Å². The molecule has 108 valence electrons. The van der Waals surface area contributed by atoms with E-state index in [9.17, 15) is 0 Å². The topological polar surface area (TPSA) is 28.4 Å². The molecule has 1 aromatic rings. The van der Waals surface area contributed by atoms with Crippen LogP contribution in [0, 0.1) is 11.8 Å². The zero-order valence-electron chi connectivity index (χ0n) is 12.6. The van der Waals surface area contributed by atoms with Gasteiger partial charge in [-0.15, -0.1) is 0 Å². The Morgan fingerprint density at radius 3 is 2.58 bits per heavy atom. The predicted octanol–water partition coefficient (Wildman–Crippen LogP) is 2.78. The Bertz CT molecular complexity index is 338. The van der Waals surface area contributed by atoms with Gasteiger partial charge in [0.25, 0.3) is 0 Å². The minimum atomic E-state index is 0.632. The van der Waals surface area contributed by atoms with Gasteiger partial charge in [-0.05, 0) is 50.4 Å². The fourth-order valence-corrected chi connectivity index (χ4v) is 2.93. The number of aryl methyl sites for hydroxylation is 1. The first-order chi connectivity index (χ1) is 9.15. The van der Waals surface area contributed by atoms with Crippen LogP contribution >= 0.6 is 0 Å². The van der Waals surface area contributed by atoms with Gasteiger partial charge in [-0.2, -0.15) is 0 Å². The third-order valence-electron chi connectivity index (χ3n) is 4.09. The van der Waals surface area contributed by atoms with Gasteiger partial charge in [0.15, 0.2) is 0 Å². The van der Waals surface area contributed by atoms with Crippen molar-refractivity contribution < 1.29 is 4.42 Å². The fourth-order valence-electron chi connectivity index (χ4n) is 2.93. The Kier molecular flexibility index (Phi) is 5.46. The van der Waals surface area contributed by atoms with Crippen molar-refractivity contribution >= 4 is 0 Å². The Hall–Kier alpha value is -0.800. The number of hydrogen-bond donors (Lipinski definition) is 1. The van der Waals surface area contributed by atoms with Crippen LogP contribution in [-0.2, 0) is 6.42 Å². The van der Waals surface area contributed by atoms with Crippen LogP contribution in [-0.4, -0.2) is 37.1 Å². The smallest absolute Gasteiger partial charge is 0.103 e. The van der Waals surface area contributed by atoms with Crippen molar-refractivity contribution in [1.29, 1.82) is 0 Å². The van der Waals surface area contributed by atoms with Crippen molar-refractivity contribution in [3.8, 4) is 0 Å². The van der Waals surface area contributed by atoms with E-state index < -0.39 is 0 Å². The molecule has 0 radical (unpaired) electrons. The van der Waals surface area contributed by atoms with Crippen molar-refractivity contribution in [3.05, 3.63) is 24.2 Å². The average molecular weight is 264 g/mol. The van der Waals surface area contributed by atoms with Crippen molar-refractivity contribution in [2.24, 2.45) is 11.8 Å². The lowest BCUT2D eigenvalue weighted by atomic mass is 10.0. The molecule has 0 aliphatic carbocycles. The second kappa shape index (κ2) is 7.11. The average Bonchev–Trinajstić information content (AvgIpc) is 2.86. The maximum Gasteiger partial charge on any atom is 0.103 e. The van der Waals surface area contributed by atoms with Crippen molar-refractivity contribution in [1.82, 2.24) is 10.2 Å². The van der Waals surface area contributed by atoms with Gasteiger partial charge < -0.3 is 14.6 Å². The first kappa shape index (κ1) is 14.6. The van der Waals surface area contributed by atoms with Crippen LogP contribution in [0.5, 0.6) is 0 Å². The molecule has 0 spiro atoms. The minimum Gasteiger partial charge on any atom is -0.469 e. The summed E-state index contributed by atoms with van der Waals surface area (Å²) in [6, 6.07) is 4.69. The summed E-state index contributed by atoms with van der Waals surface area (Å²) in [5.74, 6) is 2.58. The van der Waals surface area contributed by atoms with Gasteiger partial charge in [-0.1, -0.05) is 13.8 Å². The summed E-state index contributed by atoms with van der Waals surface area (Å²) in [5.41, 5.74) is 0. The van der Waals surface area contributed by atoms with Gasteiger partial charge in [0.05, 0.1) is 6.26 Å². The summed E-state index contributed by atoms with van der Waals surface area (Å²) < 4.78 is 5.43. The standard InChI is InChI=1S/C16H28N2O/c1-13-9-17-10-14(2)12-18(11-13)15(3)6-7-16-5-4-8-19-16/h4-5,8,13-15,17H,6-7,9-12H2,1-3H3. The zero-order valence-corrected chi connectivity index (χ0v) is 12.6. The molecule has 3 atom stereocenters. The minimum absolute atomic E-state index is 0.632. The summed E-state index contributed by atoms with van der Waals surface area (Å²) in [5, 5.41) is 3.56. The van der Waals surface area contributed by atoms with E-state index in [1.807, 2.05) is 6.07 Å². The van der Waals surface area contributed by atoms with Gasteiger partial charge >= 0.3 is 0 Å². The first-order valence-corrected chi connectivity index (χ1v) is 7.62. The summed E-state index contributed by atoms with van der Waals surface area (Å²) >= 11 is 0. The van der Waals surface area contributed by atoms with Crippen LogP contribution in [0.1, 0.15) is 33.0 Å². The van der Waals surface area contributed by atoms with Crippen molar-refractivity contribution in [2.75, 3.05) is 26.2 Å². The Morgan fingerprint density at radius 2 is 2.00 bits per heavy atom. The summed E-state index contributed by atoms with van der Waals surface area (Å²) in [4.78, 5) is 2.67. The third kappa shape index (κ3) is 4.66. The lowest BCUT2D eigenvalue weighted by Gasteiger charge is -2.36. The summed E-state index contributed by atoms with van der Waals surface area (Å²) in [7, 11) is 0. The molecule has 2 rings (SSSR count). The molecule has 3 nitrogen and oxygen atoms in total. The monoisotopic (exact) mass is 264 g/mol. The van der Waals surface area contributed by atoms with E-state index in [0.717, 1.165) is 37.1 Å². The Morgan fingerprint density at radius 1 is 1.32 bits per heavy atom. The number of rotatable bonds is 4. The Labute approximate surface area is 117 Å². The molecule has 1 aromatic heterocycles. The number of nitrogens with zero attached hydrogens (tertiary/aromatic N) is 1. The van der Waals surface area contributed by atoms with E-state index >= 15 is 0 Å². The quantitative estimate of drug-likeness (QED) is 0.906. The fraction of sp³-hybridized carbons (Fsp3) is 0.750. The highest BCUT2D eigenvalue weighted by atomic mass is 16.3. The van der Waals surface area contributed by atoms with Crippen LogP contribution in [0.25, 0.3) is 0 Å². The molecule has 0 bridgehead atoms. The molecule has 3 heteroatoms. The second-order valence-electron chi connectivity index (χ2n) is 6.29. The number of hydrogen-bond acceptors (Lipinski definition) is 3. The lowest BCUT2D eigenvalue weighted by molar-refractivity contribution is 0.135. The van der Waals surface area contributed by atoms with Crippen LogP contribution in [0.15, 0.2) is 22.8 Å². The van der Waals surface area contributed by atoms with Crippen molar-refractivity contribution in [3.63, 3.8) is 0 Å². The normalized spacial score (nSPS) is 27.7. The predicted molar refractivity (Wildman–Crippen MR) is 79.3 cm³/mol. The molecule has 3 unspecified atom stereocenters. The molecular weight excluding hydrogens is 236 g/mol. The van der Waals surface area contributed by atoms with Crippen molar-refractivity contribution in [2.45, 2.75) is 39.7 Å². The van der Waals surface area contributed by atoms with Gasteiger partial charge in [0, 0.05) is 25.6 Å². The van der Waals surface area contributed by atoms with Crippen LogP contribution in [0.4, 0.5) is 0 Å².